The van der Waals surface area contributed by atoms with Crippen LogP contribution >= 0.6 is 11.6 Å². The van der Waals surface area contributed by atoms with Crippen LogP contribution in [0.25, 0.3) is 0 Å². The number of furan rings is 1. The Bertz CT molecular complexity index is 338. The zero-order valence-electron chi connectivity index (χ0n) is 9.53. The topological polar surface area (TPSA) is 42.7 Å². The summed E-state index contributed by atoms with van der Waals surface area (Å²) < 4.78 is 10.4. The average molecular weight is 246 g/mol. The van der Waals surface area contributed by atoms with E-state index in [1.54, 1.807) is 12.0 Å². The molecule has 5 heteroatoms. The van der Waals surface area contributed by atoms with Gasteiger partial charge in [0, 0.05) is 13.7 Å². The van der Waals surface area contributed by atoms with Gasteiger partial charge in [-0.2, -0.15) is 0 Å². The Morgan fingerprint density at radius 2 is 2.19 bits per heavy atom. The molecular formula is C11H16ClNO3. The number of carbonyl (C=O) groups is 1. The molecule has 1 amide bonds. The molecule has 0 bridgehead atoms. The molecule has 4 nitrogen and oxygen atoms in total. The number of alkyl halides is 1. The molecule has 1 aromatic heterocycles. The van der Waals surface area contributed by atoms with Gasteiger partial charge < -0.3 is 14.1 Å². The minimum atomic E-state index is -0.0890. The zero-order chi connectivity index (χ0) is 12.0. The van der Waals surface area contributed by atoms with Gasteiger partial charge in [-0.15, -0.1) is 11.6 Å². The first-order valence-corrected chi connectivity index (χ1v) is 5.65. The van der Waals surface area contributed by atoms with E-state index in [-0.39, 0.29) is 11.8 Å². The van der Waals surface area contributed by atoms with Gasteiger partial charge in [0.05, 0.1) is 6.54 Å². The number of amides is 1. The van der Waals surface area contributed by atoms with Gasteiger partial charge in [0.1, 0.15) is 24.0 Å². The first-order valence-electron chi connectivity index (χ1n) is 5.11. The first-order chi connectivity index (χ1) is 7.71. The molecule has 0 spiro atoms. The highest BCUT2D eigenvalue weighted by Crippen LogP contribution is 2.11. The number of nitrogens with zero attached hydrogens (tertiary/aromatic N) is 1. The van der Waals surface area contributed by atoms with E-state index in [0.29, 0.717) is 19.7 Å². The van der Waals surface area contributed by atoms with Gasteiger partial charge in [0.15, 0.2) is 0 Å². The fraction of sp³-hybridized carbons (Fsp3) is 0.545. The SMILES string of the molecule is CCN(Cc1ccc(COC)o1)C(=O)CCl. The minimum absolute atomic E-state index is 0.000519. The summed E-state index contributed by atoms with van der Waals surface area (Å²) in [6, 6.07) is 3.69. The van der Waals surface area contributed by atoms with Gasteiger partial charge in [-0.1, -0.05) is 0 Å². The molecule has 0 aliphatic carbocycles. The molecule has 16 heavy (non-hydrogen) atoms. The highest BCUT2D eigenvalue weighted by atomic mass is 35.5. The molecule has 1 rings (SSSR count). The quantitative estimate of drug-likeness (QED) is 0.720. The Labute approximate surface area is 100 Å². The molecule has 1 heterocycles. The van der Waals surface area contributed by atoms with Crippen LogP contribution in [0.1, 0.15) is 18.4 Å². The number of halogens is 1. The summed E-state index contributed by atoms with van der Waals surface area (Å²) in [6.07, 6.45) is 0. The van der Waals surface area contributed by atoms with Gasteiger partial charge in [0.2, 0.25) is 5.91 Å². The summed E-state index contributed by atoms with van der Waals surface area (Å²) in [6.45, 7) is 3.41. The number of hydrogen-bond donors (Lipinski definition) is 0. The van der Waals surface area contributed by atoms with Crippen LogP contribution in [0, 0.1) is 0 Å². The Balaban J connectivity index is 2.59. The van der Waals surface area contributed by atoms with Crippen LogP contribution in [0.15, 0.2) is 16.5 Å². The third-order valence-corrected chi connectivity index (χ3v) is 2.43. The van der Waals surface area contributed by atoms with E-state index < -0.39 is 0 Å². The van der Waals surface area contributed by atoms with Crippen molar-refractivity contribution in [3.05, 3.63) is 23.7 Å². The molecule has 0 radical (unpaired) electrons. The van der Waals surface area contributed by atoms with Crippen molar-refractivity contribution in [3.63, 3.8) is 0 Å². The van der Waals surface area contributed by atoms with Gasteiger partial charge in [-0.3, -0.25) is 4.79 Å². The van der Waals surface area contributed by atoms with Crippen molar-refractivity contribution in [1.29, 1.82) is 0 Å². The Morgan fingerprint density at radius 1 is 1.50 bits per heavy atom. The number of ether oxygens (including phenoxy) is 1. The van der Waals surface area contributed by atoms with Crippen LogP contribution in [0.2, 0.25) is 0 Å². The van der Waals surface area contributed by atoms with E-state index in [4.69, 9.17) is 20.8 Å². The maximum atomic E-state index is 11.4. The van der Waals surface area contributed by atoms with Crippen molar-refractivity contribution < 1.29 is 13.9 Å². The summed E-state index contributed by atoms with van der Waals surface area (Å²) in [7, 11) is 1.61. The number of methoxy groups -OCH3 is 1. The molecule has 0 N–H and O–H groups in total. The van der Waals surface area contributed by atoms with E-state index >= 15 is 0 Å². The average Bonchev–Trinajstić information content (AvgIpc) is 2.73. The highest BCUT2D eigenvalue weighted by Gasteiger charge is 2.12. The molecule has 0 aromatic carbocycles. The van der Waals surface area contributed by atoms with Crippen LogP contribution in [0.5, 0.6) is 0 Å². The smallest absolute Gasteiger partial charge is 0.237 e. The van der Waals surface area contributed by atoms with Crippen LogP contribution in [0.3, 0.4) is 0 Å². The third-order valence-electron chi connectivity index (χ3n) is 2.20. The van der Waals surface area contributed by atoms with Crippen molar-refractivity contribution in [2.75, 3.05) is 19.5 Å². The van der Waals surface area contributed by atoms with Crippen molar-refractivity contribution in [2.24, 2.45) is 0 Å². The fourth-order valence-electron chi connectivity index (χ4n) is 1.38. The second-order valence-electron chi connectivity index (χ2n) is 3.34. The van der Waals surface area contributed by atoms with Crippen LogP contribution in [-0.4, -0.2) is 30.3 Å². The lowest BCUT2D eigenvalue weighted by Gasteiger charge is -2.17. The van der Waals surface area contributed by atoms with Crippen molar-refractivity contribution in [3.8, 4) is 0 Å². The molecule has 0 aliphatic heterocycles. The first kappa shape index (κ1) is 13.1. The van der Waals surface area contributed by atoms with Gasteiger partial charge in [-0.25, -0.2) is 0 Å². The summed E-state index contributed by atoms with van der Waals surface area (Å²) in [5, 5.41) is 0. The summed E-state index contributed by atoms with van der Waals surface area (Å²) in [5.41, 5.74) is 0. The monoisotopic (exact) mass is 245 g/mol. The second kappa shape index (κ2) is 6.55. The highest BCUT2D eigenvalue weighted by molar-refractivity contribution is 6.27. The van der Waals surface area contributed by atoms with Gasteiger partial charge >= 0.3 is 0 Å². The van der Waals surface area contributed by atoms with E-state index in [0.717, 1.165) is 11.5 Å². The largest absolute Gasteiger partial charge is 0.462 e. The maximum absolute atomic E-state index is 11.4. The molecule has 0 atom stereocenters. The van der Waals surface area contributed by atoms with E-state index in [2.05, 4.69) is 0 Å². The summed E-state index contributed by atoms with van der Waals surface area (Å²) in [4.78, 5) is 13.0. The molecular weight excluding hydrogens is 230 g/mol. The minimum Gasteiger partial charge on any atom is -0.462 e. The van der Waals surface area contributed by atoms with Crippen molar-refractivity contribution in [2.45, 2.75) is 20.1 Å². The number of carbonyl (C=O) groups excluding carboxylic acids is 1. The molecule has 0 saturated heterocycles. The molecule has 0 fully saturated rings. The predicted octanol–water partition coefficient (Wildman–Crippen LogP) is 2.01. The number of hydrogen-bond acceptors (Lipinski definition) is 3. The van der Waals surface area contributed by atoms with E-state index in [1.807, 2.05) is 19.1 Å². The maximum Gasteiger partial charge on any atom is 0.237 e. The normalized spacial score (nSPS) is 10.4. The lowest BCUT2D eigenvalue weighted by molar-refractivity contribution is -0.129. The van der Waals surface area contributed by atoms with Crippen LogP contribution in [0.4, 0.5) is 0 Å². The predicted molar refractivity (Wildman–Crippen MR) is 61.2 cm³/mol. The zero-order valence-corrected chi connectivity index (χ0v) is 10.3. The van der Waals surface area contributed by atoms with E-state index in [9.17, 15) is 4.79 Å². The summed E-state index contributed by atoms with van der Waals surface area (Å²) in [5.74, 6) is 1.41. The van der Waals surface area contributed by atoms with Crippen molar-refractivity contribution in [1.82, 2.24) is 4.90 Å². The molecule has 0 saturated carbocycles. The second-order valence-corrected chi connectivity index (χ2v) is 3.61. The molecule has 0 unspecified atom stereocenters. The van der Waals surface area contributed by atoms with Gasteiger partial charge in [0.25, 0.3) is 0 Å². The Kier molecular flexibility index (Phi) is 5.35. The molecule has 90 valence electrons. The van der Waals surface area contributed by atoms with Gasteiger partial charge in [-0.05, 0) is 19.1 Å². The number of rotatable bonds is 6. The molecule has 1 aromatic rings. The standard InChI is InChI=1S/C11H16ClNO3/c1-3-13(11(14)6-12)7-9-4-5-10(16-9)8-15-2/h4-5H,3,6-8H2,1-2H3. The Morgan fingerprint density at radius 3 is 2.75 bits per heavy atom. The van der Waals surface area contributed by atoms with Crippen LogP contribution < -0.4 is 0 Å². The third kappa shape index (κ3) is 3.54. The Hall–Kier alpha value is -1.00. The lowest BCUT2D eigenvalue weighted by Crippen LogP contribution is -2.30. The molecule has 0 aliphatic rings. The fourth-order valence-corrected chi connectivity index (χ4v) is 1.55. The van der Waals surface area contributed by atoms with E-state index in [1.165, 1.54) is 0 Å². The van der Waals surface area contributed by atoms with Crippen LogP contribution in [-0.2, 0) is 22.7 Å². The lowest BCUT2D eigenvalue weighted by atomic mass is 10.4. The summed E-state index contributed by atoms with van der Waals surface area (Å²) >= 11 is 5.50. The van der Waals surface area contributed by atoms with Crippen molar-refractivity contribution >= 4 is 17.5 Å².